The highest BCUT2D eigenvalue weighted by Crippen LogP contribution is 2.27. The quantitative estimate of drug-likeness (QED) is 0.648. The third-order valence-corrected chi connectivity index (χ3v) is 5.42. The number of amides is 1. The summed E-state index contributed by atoms with van der Waals surface area (Å²) in [5, 5.41) is 7.07. The third kappa shape index (κ3) is 5.04. The van der Waals surface area contributed by atoms with E-state index < -0.39 is 0 Å². The molecule has 1 atom stereocenters. The Labute approximate surface area is 176 Å². The number of rotatable bonds is 7. The first-order valence-corrected chi connectivity index (χ1v) is 10.2. The second-order valence-corrected chi connectivity index (χ2v) is 7.58. The number of hydrogen-bond acceptors (Lipinski definition) is 6. The van der Waals surface area contributed by atoms with Crippen LogP contribution in [0.25, 0.3) is 0 Å². The molecule has 3 aromatic rings. The molecule has 0 radical (unpaired) electrons. The Balaban J connectivity index is 1.32. The van der Waals surface area contributed by atoms with Crippen LogP contribution < -0.4 is 10.1 Å². The molecule has 3 heterocycles. The van der Waals surface area contributed by atoms with Crippen LogP contribution in [0.4, 0.5) is 0 Å². The second kappa shape index (κ2) is 9.54. The van der Waals surface area contributed by atoms with Crippen LogP contribution in [0.3, 0.4) is 0 Å². The summed E-state index contributed by atoms with van der Waals surface area (Å²) in [6.45, 7) is 3.24. The zero-order chi connectivity index (χ0) is 20.8. The number of nitrogens with zero attached hydrogens (tertiary/aromatic N) is 3. The summed E-state index contributed by atoms with van der Waals surface area (Å²) in [5.41, 5.74) is 3.04. The van der Waals surface area contributed by atoms with Crippen molar-refractivity contribution in [3.63, 3.8) is 0 Å². The van der Waals surface area contributed by atoms with E-state index in [0.717, 1.165) is 49.5 Å². The van der Waals surface area contributed by atoms with Crippen LogP contribution in [-0.4, -0.2) is 41.1 Å². The normalized spacial score (nSPS) is 16.9. The smallest absolute Gasteiger partial charge is 0.290 e. The number of carbonyl (C=O) groups is 1. The molecule has 0 bridgehead atoms. The molecule has 1 aromatic carbocycles. The maximum Gasteiger partial charge on any atom is 0.290 e. The third-order valence-electron chi connectivity index (χ3n) is 5.42. The van der Waals surface area contributed by atoms with E-state index in [-0.39, 0.29) is 17.6 Å². The summed E-state index contributed by atoms with van der Waals surface area (Å²) in [4.78, 5) is 19.1. The molecule has 0 saturated carbocycles. The molecule has 4 rings (SSSR count). The van der Waals surface area contributed by atoms with E-state index in [0.29, 0.717) is 6.54 Å². The van der Waals surface area contributed by atoms with E-state index in [4.69, 9.17) is 9.26 Å². The van der Waals surface area contributed by atoms with Gasteiger partial charge in [-0.3, -0.25) is 14.7 Å². The predicted molar refractivity (Wildman–Crippen MR) is 112 cm³/mol. The monoisotopic (exact) mass is 406 g/mol. The fourth-order valence-electron chi connectivity index (χ4n) is 3.79. The van der Waals surface area contributed by atoms with Gasteiger partial charge in [0.25, 0.3) is 5.91 Å². The lowest BCUT2D eigenvalue weighted by atomic mass is 9.94. The SMILES string of the molecule is COc1ccc(CNC(=O)c2cc([C@H]3CCCN(Cc4cccnc4)C3)no2)cc1. The highest BCUT2D eigenvalue weighted by atomic mass is 16.5. The van der Waals surface area contributed by atoms with Crippen molar-refractivity contribution in [2.45, 2.75) is 31.8 Å². The van der Waals surface area contributed by atoms with Crippen LogP contribution in [0.2, 0.25) is 0 Å². The van der Waals surface area contributed by atoms with E-state index in [1.807, 2.05) is 36.5 Å². The molecule has 0 unspecified atom stereocenters. The molecule has 2 aromatic heterocycles. The molecule has 1 aliphatic rings. The number of likely N-dealkylation sites (tertiary alicyclic amines) is 1. The highest BCUT2D eigenvalue weighted by Gasteiger charge is 2.25. The Morgan fingerprint density at radius 2 is 2.13 bits per heavy atom. The van der Waals surface area contributed by atoms with Crippen molar-refractivity contribution in [1.82, 2.24) is 20.4 Å². The van der Waals surface area contributed by atoms with Crippen molar-refractivity contribution < 1.29 is 14.1 Å². The van der Waals surface area contributed by atoms with Crippen LogP contribution in [0.1, 0.15) is 46.1 Å². The van der Waals surface area contributed by atoms with Crippen LogP contribution in [0.15, 0.2) is 59.4 Å². The Kier molecular flexibility index (Phi) is 6.39. The molecule has 7 nitrogen and oxygen atoms in total. The molecular weight excluding hydrogens is 380 g/mol. The molecule has 0 spiro atoms. The molecule has 1 saturated heterocycles. The van der Waals surface area contributed by atoms with E-state index in [1.54, 1.807) is 19.4 Å². The maximum absolute atomic E-state index is 12.5. The molecule has 156 valence electrons. The summed E-state index contributed by atoms with van der Waals surface area (Å²) >= 11 is 0. The molecule has 1 fully saturated rings. The second-order valence-electron chi connectivity index (χ2n) is 7.58. The number of aromatic nitrogens is 2. The van der Waals surface area contributed by atoms with Crippen LogP contribution in [0, 0.1) is 0 Å². The number of piperidine rings is 1. The van der Waals surface area contributed by atoms with Crippen molar-refractivity contribution in [2.75, 3.05) is 20.2 Å². The van der Waals surface area contributed by atoms with Crippen molar-refractivity contribution in [3.05, 3.63) is 77.4 Å². The van der Waals surface area contributed by atoms with Gasteiger partial charge in [-0.05, 0) is 48.7 Å². The zero-order valence-electron chi connectivity index (χ0n) is 17.1. The van der Waals surface area contributed by atoms with Gasteiger partial charge in [0.2, 0.25) is 5.76 Å². The number of carbonyl (C=O) groups excluding carboxylic acids is 1. The fourth-order valence-corrected chi connectivity index (χ4v) is 3.79. The van der Waals surface area contributed by atoms with Gasteiger partial charge in [0, 0.05) is 44.0 Å². The maximum atomic E-state index is 12.5. The number of methoxy groups -OCH3 is 1. The van der Waals surface area contributed by atoms with Crippen LogP contribution >= 0.6 is 0 Å². The van der Waals surface area contributed by atoms with Crippen LogP contribution in [-0.2, 0) is 13.1 Å². The van der Waals surface area contributed by atoms with Gasteiger partial charge in [0.05, 0.1) is 12.8 Å². The summed E-state index contributed by atoms with van der Waals surface area (Å²) in [5.74, 6) is 1.05. The molecular formula is C23H26N4O3. The largest absolute Gasteiger partial charge is 0.497 e. The summed E-state index contributed by atoms with van der Waals surface area (Å²) in [7, 11) is 1.63. The first kappa shape index (κ1) is 20.1. The molecule has 7 heteroatoms. The molecule has 1 amide bonds. The van der Waals surface area contributed by atoms with Crippen molar-refractivity contribution in [2.24, 2.45) is 0 Å². The van der Waals surface area contributed by atoms with Crippen molar-refractivity contribution in [3.8, 4) is 5.75 Å². The lowest BCUT2D eigenvalue weighted by Gasteiger charge is -2.31. The summed E-state index contributed by atoms with van der Waals surface area (Å²) in [6.07, 6.45) is 5.84. The van der Waals surface area contributed by atoms with Crippen molar-refractivity contribution in [1.29, 1.82) is 0 Å². The van der Waals surface area contributed by atoms with Gasteiger partial charge >= 0.3 is 0 Å². The first-order valence-electron chi connectivity index (χ1n) is 10.2. The lowest BCUT2D eigenvalue weighted by Crippen LogP contribution is -2.34. The standard InChI is InChI=1S/C23H26N4O3/c1-29-20-8-6-17(7-9-20)14-25-23(28)22-12-21(26-30-22)19-5-3-11-27(16-19)15-18-4-2-10-24-13-18/h2,4,6-10,12-13,19H,3,5,11,14-16H2,1H3,(H,25,28)/t19-/m0/s1. The molecule has 1 aliphatic heterocycles. The molecule has 1 N–H and O–H groups in total. The minimum atomic E-state index is -0.257. The predicted octanol–water partition coefficient (Wildman–Crippen LogP) is 3.39. The Hall–Kier alpha value is -3.19. The van der Waals surface area contributed by atoms with E-state index in [1.165, 1.54) is 5.56 Å². The minimum Gasteiger partial charge on any atom is -0.497 e. The Morgan fingerprint density at radius 3 is 2.90 bits per heavy atom. The van der Waals surface area contributed by atoms with Gasteiger partial charge < -0.3 is 14.6 Å². The number of nitrogens with one attached hydrogen (secondary N) is 1. The average molecular weight is 406 g/mol. The number of hydrogen-bond donors (Lipinski definition) is 1. The van der Waals surface area contributed by atoms with Crippen molar-refractivity contribution >= 4 is 5.91 Å². The van der Waals surface area contributed by atoms with E-state index in [9.17, 15) is 4.79 Å². The van der Waals surface area contributed by atoms with Crippen LogP contribution in [0.5, 0.6) is 5.75 Å². The van der Waals surface area contributed by atoms with Gasteiger partial charge in [0.15, 0.2) is 0 Å². The fraction of sp³-hybridized carbons (Fsp3) is 0.348. The lowest BCUT2D eigenvalue weighted by molar-refractivity contribution is 0.0913. The summed E-state index contributed by atoms with van der Waals surface area (Å²) < 4.78 is 10.5. The molecule has 30 heavy (non-hydrogen) atoms. The Morgan fingerprint density at radius 1 is 1.27 bits per heavy atom. The van der Waals surface area contributed by atoms with Gasteiger partial charge in [0.1, 0.15) is 5.75 Å². The minimum absolute atomic E-state index is 0.253. The van der Waals surface area contributed by atoms with Gasteiger partial charge in [-0.2, -0.15) is 0 Å². The number of benzene rings is 1. The topological polar surface area (TPSA) is 80.5 Å². The van der Waals surface area contributed by atoms with E-state index in [2.05, 4.69) is 26.4 Å². The zero-order valence-corrected chi connectivity index (χ0v) is 17.1. The Bertz CT molecular complexity index is 956. The van der Waals surface area contributed by atoms with Gasteiger partial charge in [-0.1, -0.05) is 23.4 Å². The van der Waals surface area contributed by atoms with Gasteiger partial charge in [-0.25, -0.2) is 0 Å². The average Bonchev–Trinajstić information content (AvgIpc) is 3.29. The molecule has 0 aliphatic carbocycles. The first-order chi connectivity index (χ1) is 14.7. The van der Waals surface area contributed by atoms with Gasteiger partial charge in [-0.15, -0.1) is 0 Å². The summed E-state index contributed by atoms with van der Waals surface area (Å²) in [6, 6.07) is 13.4. The van der Waals surface area contributed by atoms with E-state index >= 15 is 0 Å². The number of ether oxygens (including phenoxy) is 1. The highest BCUT2D eigenvalue weighted by molar-refractivity contribution is 5.91. The number of pyridine rings is 1.